The molecule has 1 aliphatic carbocycles. The van der Waals surface area contributed by atoms with Crippen molar-refractivity contribution in [1.29, 1.82) is 0 Å². The van der Waals surface area contributed by atoms with E-state index in [1.165, 1.54) is 141 Å². The van der Waals surface area contributed by atoms with Gasteiger partial charge in [-0.05, 0) is 83.5 Å². The van der Waals surface area contributed by atoms with Gasteiger partial charge in [-0.2, -0.15) is 0 Å². The summed E-state index contributed by atoms with van der Waals surface area (Å²) in [5.41, 5.74) is 0. The third kappa shape index (κ3) is 39.5. The van der Waals surface area contributed by atoms with Gasteiger partial charge < -0.3 is 39.9 Å². The molecule has 13 heteroatoms. The minimum atomic E-state index is -5.03. The topological polar surface area (TPSA) is 192 Å². The first kappa shape index (κ1) is 68.1. The molecule has 0 aromatic heterocycles. The quantitative estimate of drug-likeness (QED) is 0.0146. The molecule has 1 fully saturated rings. The summed E-state index contributed by atoms with van der Waals surface area (Å²) in [4.78, 5) is 23.3. The Kier molecular flexibility index (Phi) is 46.0. The van der Waals surface area contributed by atoms with Crippen LogP contribution in [0.3, 0.4) is 0 Å². The maximum absolute atomic E-state index is 12.9. The Labute approximate surface area is 438 Å². The van der Waals surface area contributed by atoms with Gasteiger partial charge in [0.15, 0.2) is 0 Å². The van der Waals surface area contributed by atoms with Gasteiger partial charge >= 0.3 is 13.8 Å². The second-order valence-electron chi connectivity index (χ2n) is 20.1. The van der Waals surface area contributed by atoms with Crippen LogP contribution in [0.2, 0.25) is 0 Å². The molecular weight excluding hydrogens is 932 g/mol. The van der Waals surface area contributed by atoms with Crippen LogP contribution in [0.15, 0.2) is 60.8 Å². The van der Waals surface area contributed by atoms with Crippen LogP contribution in [0.25, 0.3) is 0 Å². The third-order valence-electron chi connectivity index (χ3n) is 13.4. The predicted molar refractivity (Wildman–Crippen MR) is 295 cm³/mol. The number of unbranched alkanes of at least 4 members (excludes halogenated alkanes) is 28. The molecule has 6 atom stereocenters. The highest BCUT2D eigenvalue weighted by Gasteiger charge is 2.51. The van der Waals surface area contributed by atoms with E-state index in [0.717, 1.165) is 77.0 Å². The van der Waals surface area contributed by atoms with Crippen LogP contribution in [-0.4, -0.2) is 98.9 Å². The van der Waals surface area contributed by atoms with Crippen molar-refractivity contribution in [2.75, 3.05) is 19.8 Å². The zero-order valence-corrected chi connectivity index (χ0v) is 46.4. The number of allylic oxidation sites excluding steroid dienone is 10. The fourth-order valence-electron chi connectivity index (χ4n) is 8.75. The normalized spacial score (nSPS) is 21.1. The Balaban J connectivity index is 2.30. The van der Waals surface area contributed by atoms with E-state index in [9.17, 15) is 39.8 Å². The van der Waals surface area contributed by atoms with Gasteiger partial charge in [-0.3, -0.25) is 13.8 Å². The van der Waals surface area contributed by atoms with Crippen LogP contribution >= 0.6 is 7.82 Å². The van der Waals surface area contributed by atoms with E-state index >= 15 is 0 Å². The number of rotatable bonds is 50. The minimum absolute atomic E-state index is 0.0842. The fourth-order valence-corrected chi connectivity index (χ4v) is 9.72. The number of phosphoric acid groups is 1. The molecule has 0 aliphatic heterocycles. The van der Waals surface area contributed by atoms with E-state index in [1.807, 2.05) is 0 Å². The average Bonchev–Trinajstić information content (AvgIpc) is 3.37. The molecule has 1 aliphatic rings. The van der Waals surface area contributed by atoms with Crippen molar-refractivity contribution in [1.82, 2.24) is 0 Å². The summed E-state index contributed by atoms with van der Waals surface area (Å²) in [5.74, 6) is -0.488. The molecule has 0 aromatic carbocycles. The van der Waals surface area contributed by atoms with Crippen molar-refractivity contribution in [3.63, 3.8) is 0 Å². The average molecular weight is 1040 g/mol. The van der Waals surface area contributed by atoms with Crippen molar-refractivity contribution in [3.8, 4) is 0 Å². The number of hydrogen-bond acceptors (Lipinski definition) is 11. The number of ether oxygens (including phenoxy) is 2. The molecule has 0 spiro atoms. The maximum Gasteiger partial charge on any atom is 0.472 e. The summed E-state index contributed by atoms with van der Waals surface area (Å²) >= 11 is 0. The Morgan fingerprint density at radius 1 is 0.444 bits per heavy atom. The Bertz CT molecular complexity index is 1420. The lowest BCUT2D eigenvalue weighted by Crippen LogP contribution is -2.64. The van der Waals surface area contributed by atoms with Gasteiger partial charge in [-0.15, -0.1) is 0 Å². The fraction of sp³-hybridized carbons (Fsp3) is 0.814. The number of aliphatic hydroxyl groups is 5. The minimum Gasteiger partial charge on any atom is -0.457 e. The Hall–Kier alpha value is -1.96. The molecule has 6 unspecified atom stereocenters. The number of esters is 1. The first-order valence-corrected chi connectivity index (χ1v) is 30.6. The molecule has 0 aromatic rings. The standard InChI is InChI=1S/C59H107O12P/c1-3-5-7-9-11-13-15-17-19-21-23-25-26-27-29-31-33-35-37-39-41-43-45-47-49-68-50-52(51-69-72(66,67)71-59-57(64)55(62)54(61)56(63)58(59)65)70-53(60)48-46-44-42-40-38-36-34-32-30-28-24-22-20-18-16-14-12-10-8-6-4-2/h15-18,21-24,30,32,52,54-59,61-65H,3-14,19-20,25-29,31,33-51H2,1-2H3,(H,66,67)/b17-15-,18-16-,23-21-,24-22-,32-30-. The monoisotopic (exact) mass is 1040 g/mol. The summed E-state index contributed by atoms with van der Waals surface area (Å²) in [6.07, 6.45) is 51.4. The summed E-state index contributed by atoms with van der Waals surface area (Å²) in [7, 11) is -5.03. The van der Waals surface area contributed by atoms with E-state index in [-0.39, 0.29) is 13.0 Å². The van der Waals surface area contributed by atoms with Crippen LogP contribution in [0, 0.1) is 0 Å². The van der Waals surface area contributed by atoms with Gasteiger partial charge in [0.2, 0.25) is 0 Å². The van der Waals surface area contributed by atoms with Crippen molar-refractivity contribution in [2.24, 2.45) is 0 Å². The highest BCUT2D eigenvalue weighted by molar-refractivity contribution is 7.47. The number of carbonyl (C=O) groups excluding carboxylic acids is 1. The molecule has 72 heavy (non-hydrogen) atoms. The number of aliphatic hydroxyl groups excluding tert-OH is 5. The van der Waals surface area contributed by atoms with Crippen LogP contribution in [-0.2, 0) is 27.9 Å². The number of phosphoric ester groups is 1. The SMILES string of the molecule is CCCCCCC/C=C\C/C=C\C/C=C\CCCCCCCCC(=O)OC(COCCCCCCCCCCCCCC/C=C\C/C=C\CCCCCCC)COP(=O)(O)OC1C(O)C(O)C(O)C(O)C1O. The molecule has 420 valence electrons. The van der Waals surface area contributed by atoms with Crippen molar-refractivity contribution in [2.45, 2.75) is 288 Å². The van der Waals surface area contributed by atoms with Gasteiger partial charge in [0.25, 0.3) is 0 Å². The van der Waals surface area contributed by atoms with E-state index in [2.05, 4.69) is 74.6 Å². The Morgan fingerprint density at radius 2 is 0.778 bits per heavy atom. The molecule has 6 N–H and O–H groups in total. The van der Waals surface area contributed by atoms with Gasteiger partial charge in [0.1, 0.15) is 42.7 Å². The van der Waals surface area contributed by atoms with E-state index in [4.69, 9.17) is 18.5 Å². The van der Waals surface area contributed by atoms with Gasteiger partial charge in [-0.25, -0.2) is 4.57 Å². The predicted octanol–water partition coefficient (Wildman–Crippen LogP) is 14.1. The van der Waals surface area contributed by atoms with Crippen LogP contribution in [0.1, 0.15) is 245 Å². The molecule has 0 radical (unpaired) electrons. The van der Waals surface area contributed by atoms with E-state index in [1.54, 1.807) is 0 Å². The van der Waals surface area contributed by atoms with Gasteiger partial charge in [-0.1, -0.05) is 216 Å². The molecule has 0 heterocycles. The molecular formula is C59H107O12P. The van der Waals surface area contributed by atoms with Crippen LogP contribution in [0.4, 0.5) is 0 Å². The Morgan fingerprint density at radius 3 is 1.18 bits per heavy atom. The molecule has 1 saturated carbocycles. The lowest BCUT2D eigenvalue weighted by molar-refractivity contribution is -0.220. The second kappa shape index (κ2) is 48.7. The zero-order valence-electron chi connectivity index (χ0n) is 45.5. The van der Waals surface area contributed by atoms with Crippen LogP contribution < -0.4 is 0 Å². The van der Waals surface area contributed by atoms with Crippen molar-refractivity contribution in [3.05, 3.63) is 60.8 Å². The second-order valence-corrected chi connectivity index (χ2v) is 21.5. The summed E-state index contributed by atoms with van der Waals surface area (Å²) < 4.78 is 34.4. The van der Waals surface area contributed by atoms with Crippen LogP contribution in [0.5, 0.6) is 0 Å². The highest BCUT2D eigenvalue weighted by Crippen LogP contribution is 2.47. The number of carbonyl (C=O) groups is 1. The largest absolute Gasteiger partial charge is 0.472 e. The third-order valence-corrected chi connectivity index (χ3v) is 14.3. The van der Waals surface area contributed by atoms with Crippen molar-refractivity contribution < 1.29 is 58.3 Å². The molecule has 12 nitrogen and oxygen atoms in total. The van der Waals surface area contributed by atoms with E-state index < -0.39 is 63.1 Å². The molecule has 0 saturated heterocycles. The maximum atomic E-state index is 12.9. The lowest BCUT2D eigenvalue weighted by Gasteiger charge is -2.41. The molecule has 0 amide bonds. The van der Waals surface area contributed by atoms with Crippen molar-refractivity contribution >= 4 is 13.8 Å². The zero-order chi connectivity index (χ0) is 52.6. The molecule has 0 bridgehead atoms. The smallest absolute Gasteiger partial charge is 0.457 e. The molecule has 1 rings (SSSR count). The van der Waals surface area contributed by atoms with Gasteiger partial charge in [0.05, 0.1) is 13.2 Å². The highest BCUT2D eigenvalue weighted by atomic mass is 31.2. The lowest BCUT2D eigenvalue weighted by atomic mass is 9.85. The van der Waals surface area contributed by atoms with E-state index in [0.29, 0.717) is 13.0 Å². The number of hydrogen-bond donors (Lipinski definition) is 6. The first-order valence-electron chi connectivity index (χ1n) is 29.1. The first-order chi connectivity index (χ1) is 35.0. The summed E-state index contributed by atoms with van der Waals surface area (Å²) in [5, 5.41) is 50.4. The summed E-state index contributed by atoms with van der Waals surface area (Å²) in [6.45, 7) is 4.25. The summed E-state index contributed by atoms with van der Waals surface area (Å²) in [6, 6.07) is 0. The van der Waals surface area contributed by atoms with Gasteiger partial charge in [0, 0.05) is 13.0 Å².